The molecule has 5 N–H and O–H groups in total. The third-order valence-electron chi connectivity index (χ3n) is 7.04. The third kappa shape index (κ3) is 10.7. The lowest BCUT2D eigenvalue weighted by Crippen LogP contribution is -2.52. The first-order valence-electron chi connectivity index (χ1n) is 14.7. The Morgan fingerprint density at radius 3 is 2.12 bits per heavy atom. The minimum Gasteiger partial charge on any atom is -0.355 e. The summed E-state index contributed by atoms with van der Waals surface area (Å²) in [6.07, 6.45) is 0.533. The summed E-state index contributed by atoms with van der Waals surface area (Å²) >= 11 is 0. The van der Waals surface area contributed by atoms with Crippen LogP contribution in [0, 0.1) is 12.8 Å². The van der Waals surface area contributed by atoms with E-state index in [2.05, 4.69) is 26.6 Å². The van der Waals surface area contributed by atoms with Gasteiger partial charge in [0.1, 0.15) is 6.04 Å². The fourth-order valence-electron chi connectivity index (χ4n) is 4.63. The number of carbonyl (C=O) groups excluding carboxylic acids is 4. The second-order valence-corrected chi connectivity index (χ2v) is 10.9. The van der Waals surface area contributed by atoms with E-state index in [1.165, 1.54) is 0 Å². The SMILES string of the molecule is CCNC(=O)C(NC(=O)CNCC(Cc1ccccc1)NC(=O)c1cccc(C(=O)NCc2ccccc2C)c1)C(C)C. The van der Waals surface area contributed by atoms with Crippen molar-refractivity contribution < 1.29 is 19.2 Å². The molecule has 0 saturated heterocycles. The predicted molar refractivity (Wildman–Crippen MR) is 169 cm³/mol. The molecule has 228 valence electrons. The van der Waals surface area contributed by atoms with Crippen molar-refractivity contribution in [1.29, 1.82) is 0 Å². The molecule has 0 aromatic heterocycles. The maximum atomic E-state index is 13.3. The van der Waals surface area contributed by atoms with E-state index in [0.717, 1.165) is 16.7 Å². The number of rotatable bonds is 15. The number of nitrogens with one attached hydrogen (secondary N) is 5. The molecule has 0 aliphatic carbocycles. The molecule has 0 spiro atoms. The summed E-state index contributed by atoms with van der Waals surface area (Å²) in [6, 6.07) is 23.2. The largest absolute Gasteiger partial charge is 0.355 e. The Kier molecular flexibility index (Phi) is 12.9. The minimum atomic E-state index is -0.629. The molecule has 2 unspecified atom stereocenters. The Balaban J connectivity index is 1.62. The summed E-state index contributed by atoms with van der Waals surface area (Å²) in [5.41, 5.74) is 3.90. The molecule has 0 saturated carbocycles. The van der Waals surface area contributed by atoms with E-state index in [9.17, 15) is 19.2 Å². The lowest BCUT2D eigenvalue weighted by molar-refractivity contribution is -0.129. The highest BCUT2D eigenvalue weighted by Crippen LogP contribution is 2.10. The van der Waals surface area contributed by atoms with E-state index in [0.29, 0.717) is 37.2 Å². The molecule has 3 rings (SSSR count). The molecule has 4 amide bonds. The molecule has 3 aromatic carbocycles. The minimum absolute atomic E-state index is 0.0136. The molecule has 2 atom stereocenters. The van der Waals surface area contributed by atoms with Crippen molar-refractivity contribution in [2.75, 3.05) is 19.6 Å². The summed E-state index contributed by atoms with van der Waals surface area (Å²) < 4.78 is 0. The smallest absolute Gasteiger partial charge is 0.251 e. The molecular formula is C34H43N5O4. The average molecular weight is 586 g/mol. The van der Waals surface area contributed by atoms with Crippen LogP contribution in [0.3, 0.4) is 0 Å². The highest BCUT2D eigenvalue weighted by molar-refractivity contribution is 5.99. The van der Waals surface area contributed by atoms with Crippen LogP contribution >= 0.6 is 0 Å². The van der Waals surface area contributed by atoms with Gasteiger partial charge in [0.15, 0.2) is 0 Å². The molecule has 9 heteroatoms. The normalized spacial score (nSPS) is 12.2. The van der Waals surface area contributed by atoms with Crippen LogP contribution in [0.1, 0.15) is 58.2 Å². The number of amides is 4. The van der Waals surface area contributed by atoms with Crippen LogP contribution in [0.2, 0.25) is 0 Å². The Hall–Kier alpha value is -4.50. The molecular weight excluding hydrogens is 542 g/mol. The Morgan fingerprint density at radius 1 is 0.767 bits per heavy atom. The second-order valence-electron chi connectivity index (χ2n) is 10.9. The molecule has 0 aliphatic rings. The van der Waals surface area contributed by atoms with Gasteiger partial charge in [-0.25, -0.2) is 0 Å². The number of likely N-dealkylation sites (N-methyl/N-ethyl adjacent to an activating group) is 1. The van der Waals surface area contributed by atoms with Gasteiger partial charge in [0.25, 0.3) is 11.8 Å². The molecule has 0 fully saturated rings. The first-order valence-corrected chi connectivity index (χ1v) is 14.7. The average Bonchev–Trinajstić information content (AvgIpc) is 2.99. The van der Waals surface area contributed by atoms with Crippen LogP contribution in [0.5, 0.6) is 0 Å². The summed E-state index contributed by atoms with van der Waals surface area (Å²) in [7, 11) is 0. The van der Waals surface area contributed by atoms with E-state index in [1.807, 2.05) is 82.3 Å². The van der Waals surface area contributed by atoms with E-state index in [1.54, 1.807) is 24.3 Å². The predicted octanol–water partition coefficient (Wildman–Crippen LogP) is 3.13. The second kappa shape index (κ2) is 16.8. The summed E-state index contributed by atoms with van der Waals surface area (Å²) in [5, 5.41) is 14.6. The zero-order valence-electron chi connectivity index (χ0n) is 25.4. The molecule has 0 radical (unpaired) electrons. The van der Waals surface area contributed by atoms with Crippen molar-refractivity contribution in [3.05, 3.63) is 107 Å². The molecule has 0 heterocycles. The standard InChI is InChI=1S/C34H43N5O4/c1-5-36-34(43)31(23(2)3)39-30(40)22-35-21-29(18-25-13-7-6-8-14-25)38-33(42)27-17-11-16-26(19-27)32(41)37-20-28-15-10-9-12-24(28)4/h6-17,19,23,29,31,35H,5,18,20-22H2,1-4H3,(H,36,43)(H,37,41)(H,38,42)(H,39,40). The highest BCUT2D eigenvalue weighted by atomic mass is 16.2. The van der Waals surface area contributed by atoms with Crippen LogP contribution in [-0.4, -0.2) is 55.3 Å². The van der Waals surface area contributed by atoms with Crippen molar-refractivity contribution >= 4 is 23.6 Å². The lowest BCUT2D eigenvalue weighted by atomic mass is 10.0. The van der Waals surface area contributed by atoms with Crippen LogP contribution in [0.4, 0.5) is 0 Å². The van der Waals surface area contributed by atoms with Gasteiger partial charge in [-0.3, -0.25) is 19.2 Å². The van der Waals surface area contributed by atoms with Gasteiger partial charge in [0.05, 0.1) is 6.54 Å². The summed E-state index contributed by atoms with van der Waals surface area (Å²) in [5.74, 6) is -1.18. The lowest BCUT2D eigenvalue weighted by Gasteiger charge is -2.23. The Bertz CT molecular complexity index is 1380. The summed E-state index contributed by atoms with van der Waals surface area (Å²) in [4.78, 5) is 51.1. The fraction of sp³-hybridized carbons (Fsp3) is 0.353. The molecule has 9 nitrogen and oxygen atoms in total. The number of benzene rings is 3. The molecule has 0 aliphatic heterocycles. The Labute approximate surface area is 254 Å². The molecule has 0 bridgehead atoms. The van der Waals surface area contributed by atoms with Gasteiger partial charge >= 0.3 is 0 Å². The van der Waals surface area contributed by atoms with Gasteiger partial charge in [-0.15, -0.1) is 0 Å². The maximum Gasteiger partial charge on any atom is 0.251 e. The first-order chi connectivity index (χ1) is 20.7. The van der Waals surface area contributed by atoms with Crippen LogP contribution in [0.15, 0.2) is 78.9 Å². The van der Waals surface area contributed by atoms with Crippen LogP contribution in [-0.2, 0) is 22.6 Å². The van der Waals surface area contributed by atoms with Crippen LogP contribution in [0.25, 0.3) is 0 Å². The van der Waals surface area contributed by atoms with Gasteiger partial charge < -0.3 is 26.6 Å². The van der Waals surface area contributed by atoms with E-state index >= 15 is 0 Å². The van der Waals surface area contributed by atoms with Gasteiger partial charge in [-0.2, -0.15) is 0 Å². The van der Waals surface area contributed by atoms with Crippen molar-refractivity contribution in [3.8, 4) is 0 Å². The van der Waals surface area contributed by atoms with Crippen molar-refractivity contribution in [2.24, 2.45) is 5.92 Å². The third-order valence-corrected chi connectivity index (χ3v) is 7.04. The van der Waals surface area contributed by atoms with Gasteiger partial charge in [-0.1, -0.05) is 74.5 Å². The van der Waals surface area contributed by atoms with Gasteiger partial charge in [0, 0.05) is 36.8 Å². The van der Waals surface area contributed by atoms with Crippen molar-refractivity contribution in [3.63, 3.8) is 0 Å². The van der Waals surface area contributed by atoms with Crippen molar-refractivity contribution in [2.45, 2.75) is 52.7 Å². The summed E-state index contributed by atoms with van der Waals surface area (Å²) in [6.45, 7) is 8.76. The monoisotopic (exact) mass is 585 g/mol. The van der Waals surface area contributed by atoms with E-state index < -0.39 is 6.04 Å². The highest BCUT2D eigenvalue weighted by Gasteiger charge is 2.23. The fourth-order valence-corrected chi connectivity index (χ4v) is 4.63. The molecule has 43 heavy (non-hydrogen) atoms. The topological polar surface area (TPSA) is 128 Å². The molecule has 3 aromatic rings. The van der Waals surface area contributed by atoms with E-state index in [4.69, 9.17) is 0 Å². The number of hydrogen-bond acceptors (Lipinski definition) is 5. The van der Waals surface area contributed by atoms with Crippen molar-refractivity contribution in [1.82, 2.24) is 26.6 Å². The quantitative estimate of drug-likeness (QED) is 0.187. The Morgan fingerprint density at radius 2 is 1.44 bits per heavy atom. The zero-order valence-corrected chi connectivity index (χ0v) is 25.4. The first kappa shape index (κ1) is 33.0. The number of hydrogen-bond donors (Lipinski definition) is 5. The number of aryl methyl sites for hydroxylation is 1. The maximum absolute atomic E-state index is 13.3. The van der Waals surface area contributed by atoms with Gasteiger partial charge in [-0.05, 0) is 61.1 Å². The van der Waals surface area contributed by atoms with Gasteiger partial charge in [0.2, 0.25) is 11.8 Å². The van der Waals surface area contributed by atoms with E-state index in [-0.39, 0.29) is 42.1 Å². The zero-order chi connectivity index (χ0) is 31.2. The van der Waals surface area contributed by atoms with Crippen LogP contribution < -0.4 is 26.6 Å². The number of carbonyl (C=O) groups is 4.